The fraction of sp³-hybridized carbons (Fsp3) is 0.625. The number of sulfonamides is 1. The molecule has 2 saturated heterocycles. The Morgan fingerprint density at radius 2 is 1.65 bits per heavy atom. The zero-order valence-corrected chi connectivity index (χ0v) is 23.4. The van der Waals surface area contributed by atoms with Crippen molar-refractivity contribution < 1.29 is 41.1 Å². The molecule has 3 rings (SSSR count). The third kappa shape index (κ3) is 11.2. The van der Waals surface area contributed by atoms with E-state index in [1.54, 1.807) is 17.0 Å². The fourth-order valence-electron chi connectivity index (χ4n) is 4.09. The lowest BCUT2D eigenvalue weighted by Crippen LogP contribution is -2.51. The quantitative estimate of drug-likeness (QED) is 0.304. The standard InChI is InChI=1S/C22H36N6O4S.C2HF3O2/c1-3-4-7-24-21(29)17-26-12-14-28(15-13-26)22(30)18-5-6-20(27-10-8-23-9-11-27)19(16-18)25-33(2,31)32;3-2(4,5)1(6)7/h5-6,16,23,25H,3-4,7-15,17H2,1-2H3,(H,24,29);(H,6,7). The monoisotopic (exact) mass is 594 g/mol. The molecule has 2 fully saturated rings. The number of carbonyl (C=O) groups is 3. The van der Waals surface area contributed by atoms with Crippen LogP contribution in [0.4, 0.5) is 24.5 Å². The molecule has 0 saturated carbocycles. The number of halogens is 3. The number of hydrogen-bond acceptors (Lipinski definition) is 8. The van der Waals surface area contributed by atoms with Gasteiger partial charge in [0, 0.05) is 64.5 Å². The molecule has 0 radical (unpaired) electrons. The molecule has 0 bridgehead atoms. The molecule has 0 atom stereocenters. The number of hydrogen-bond donors (Lipinski definition) is 4. The van der Waals surface area contributed by atoms with Gasteiger partial charge in [0.15, 0.2) is 0 Å². The van der Waals surface area contributed by atoms with Crippen molar-refractivity contribution in [1.82, 2.24) is 20.4 Å². The van der Waals surface area contributed by atoms with Gasteiger partial charge in [0.25, 0.3) is 5.91 Å². The summed E-state index contributed by atoms with van der Waals surface area (Å²) in [6.45, 7) is 8.58. The molecule has 226 valence electrons. The minimum atomic E-state index is -5.08. The van der Waals surface area contributed by atoms with Gasteiger partial charge in [0.05, 0.1) is 24.2 Å². The summed E-state index contributed by atoms with van der Waals surface area (Å²) in [5, 5.41) is 13.3. The van der Waals surface area contributed by atoms with Crippen molar-refractivity contribution in [1.29, 1.82) is 0 Å². The van der Waals surface area contributed by atoms with Crippen molar-refractivity contribution in [3.63, 3.8) is 0 Å². The van der Waals surface area contributed by atoms with Crippen LogP contribution in [0.1, 0.15) is 30.1 Å². The first kappa shape index (κ1) is 33.1. The number of alkyl halides is 3. The van der Waals surface area contributed by atoms with Crippen molar-refractivity contribution >= 4 is 39.2 Å². The Morgan fingerprint density at radius 1 is 1.05 bits per heavy atom. The third-order valence-corrected chi connectivity index (χ3v) is 6.71. The summed E-state index contributed by atoms with van der Waals surface area (Å²) in [4.78, 5) is 40.0. The van der Waals surface area contributed by atoms with Crippen molar-refractivity contribution in [2.75, 3.05) is 81.3 Å². The number of benzene rings is 1. The summed E-state index contributed by atoms with van der Waals surface area (Å²) in [7, 11) is -3.49. The molecule has 0 spiro atoms. The number of carbonyl (C=O) groups excluding carboxylic acids is 2. The highest BCUT2D eigenvalue weighted by Crippen LogP contribution is 2.29. The van der Waals surface area contributed by atoms with Crippen molar-refractivity contribution in [3.8, 4) is 0 Å². The number of nitrogens with zero attached hydrogens (tertiary/aromatic N) is 3. The molecule has 2 aliphatic heterocycles. The average Bonchev–Trinajstić information content (AvgIpc) is 2.88. The van der Waals surface area contributed by atoms with E-state index in [2.05, 4.69) is 32.1 Å². The Morgan fingerprint density at radius 3 is 2.17 bits per heavy atom. The zero-order chi connectivity index (χ0) is 29.9. The van der Waals surface area contributed by atoms with Gasteiger partial charge in [-0.3, -0.25) is 19.2 Å². The third-order valence-electron chi connectivity index (χ3n) is 6.12. The first-order chi connectivity index (χ1) is 18.7. The number of unbranched alkanes of at least 4 members (excludes halogenated alkanes) is 1. The van der Waals surface area contributed by atoms with Gasteiger partial charge in [0.1, 0.15) is 0 Å². The molecule has 2 amide bonds. The van der Waals surface area contributed by atoms with Gasteiger partial charge in [-0.2, -0.15) is 13.2 Å². The molecule has 0 aromatic heterocycles. The number of anilines is 2. The molecule has 1 aromatic carbocycles. The first-order valence-corrected chi connectivity index (χ1v) is 14.8. The fourth-order valence-corrected chi connectivity index (χ4v) is 4.65. The molecule has 12 nitrogen and oxygen atoms in total. The molecule has 0 unspecified atom stereocenters. The number of rotatable bonds is 9. The number of carboxylic acids is 1. The van der Waals surface area contributed by atoms with Crippen LogP contribution in [0.3, 0.4) is 0 Å². The van der Waals surface area contributed by atoms with Crippen LogP contribution < -0.4 is 20.3 Å². The van der Waals surface area contributed by atoms with E-state index >= 15 is 0 Å². The number of aliphatic carboxylic acids is 1. The highest BCUT2D eigenvalue weighted by atomic mass is 32.2. The van der Waals surface area contributed by atoms with Crippen molar-refractivity contribution in [3.05, 3.63) is 23.8 Å². The summed E-state index contributed by atoms with van der Waals surface area (Å²) in [5.41, 5.74) is 1.65. The van der Waals surface area contributed by atoms with Gasteiger partial charge in [-0.05, 0) is 24.6 Å². The molecule has 1 aromatic rings. The summed E-state index contributed by atoms with van der Waals surface area (Å²) >= 11 is 0. The van der Waals surface area contributed by atoms with Gasteiger partial charge in [-0.25, -0.2) is 13.2 Å². The molecular formula is C24H37F3N6O6S. The maximum Gasteiger partial charge on any atom is 0.490 e. The molecular weight excluding hydrogens is 557 g/mol. The zero-order valence-electron chi connectivity index (χ0n) is 22.6. The number of amides is 2. The van der Waals surface area contributed by atoms with Crippen LogP contribution in [0, 0.1) is 0 Å². The van der Waals surface area contributed by atoms with Crippen LogP contribution in [0.2, 0.25) is 0 Å². The lowest BCUT2D eigenvalue weighted by atomic mass is 10.1. The van der Waals surface area contributed by atoms with E-state index in [1.807, 2.05) is 6.07 Å². The number of carboxylic acid groups (broad SMARTS) is 1. The Bertz CT molecular complexity index is 1120. The largest absolute Gasteiger partial charge is 0.490 e. The lowest BCUT2D eigenvalue weighted by Gasteiger charge is -2.35. The van der Waals surface area contributed by atoms with Gasteiger partial charge in [-0.15, -0.1) is 0 Å². The molecule has 2 aliphatic rings. The maximum absolute atomic E-state index is 13.1. The van der Waals surface area contributed by atoms with Crippen LogP contribution in [0.5, 0.6) is 0 Å². The SMILES string of the molecule is CCCCNC(=O)CN1CCN(C(=O)c2ccc(N3CCNCC3)c(NS(C)(=O)=O)c2)CC1.O=C(O)C(F)(F)F. The van der Waals surface area contributed by atoms with E-state index < -0.39 is 22.2 Å². The second-order valence-corrected chi connectivity index (χ2v) is 11.2. The lowest BCUT2D eigenvalue weighted by molar-refractivity contribution is -0.192. The smallest absolute Gasteiger partial charge is 0.475 e. The van der Waals surface area contributed by atoms with E-state index in [0.29, 0.717) is 50.5 Å². The first-order valence-electron chi connectivity index (χ1n) is 12.9. The van der Waals surface area contributed by atoms with Crippen LogP contribution in [0.15, 0.2) is 18.2 Å². The van der Waals surface area contributed by atoms with Crippen molar-refractivity contribution in [2.24, 2.45) is 0 Å². The second kappa shape index (κ2) is 15.0. The van der Waals surface area contributed by atoms with E-state index in [4.69, 9.17) is 9.90 Å². The van der Waals surface area contributed by atoms with E-state index in [-0.39, 0.29) is 11.8 Å². The van der Waals surface area contributed by atoms with Gasteiger partial charge >= 0.3 is 12.1 Å². The van der Waals surface area contributed by atoms with Gasteiger partial charge in [0.2, 0.25) is 15.9 Å². The summed E-state index contributed by atoms with van der Waals surface area (Å²) in [6, 6.07) is 5.22. The second-order valence-electron chi connectivity index (χ2n) is 9.42. The Kier molecular flexibility index (Phi) is 12.4. The Hall–Kier alpha value is -3.11. The number of piperazine rings is 2. The van der Waals surface area contributed by atoms with Crippen molar-refractivity contribution in [2.45, 2.75) is 25.9 Å². The topological polar surface area (TPSA) is 151 Å². The van der Waals surface area contributed by atoms with Crippen LogP contribution >= 0.6 is 0 Å². The maximum atomic E-state index is 13.1. The van der Waals surface area contributed by atoms with Gasteiger partial charge in [-0.1, -0.05) is 13.3 Å². The Balaban J connectivity index is 0.000000708. The number of nitrogens with one attached hydrogen (secondary N) is 3. The minimum Gasteiger partial charge on any atom is -0.475 e. The molecule has 40 heavy (non-hydrogen) atoms. The Labute approximate surface area is 231 Å². The molecule has 0 aliphatic carbocycles. The summed E-state index contributed by atoms with van der Waals surface area (Å²) in [5.74, 6) is -2.87. The molecule has 2 heterocycles. The van der Waals surface area contributed by atoms with Crippen LogP contribution in [0.25, 0.3) is 0 Å². The van der Waals surface area contributed by atoms with Gasteiger partial charge < -0.3 is 25.5 Å². The summed E-state index contributed by atoms with van der Waals surface area (Å²) in [6.07, 6.45) is -1.96. The van der Waals surface area contributed by atoms with Crippen LogP contribution in [-0.4, -0.2) is 119 Å². The highest BCUT2D eigenvalue weighted by Gasteiger charge is 2.38. The van der Waals surface area contributed by atoms with E-state index in [0.717, 1.165) is 51.0 Å². The van der Waals surface area contributed by atoms with E-state index in [1.165, 1.54) is 0 Å². The minimum absolute atomic E-state index is 0.0169. The highest BCUT2D eigenvalue weighted by molar-refractivity contribution is 7.92. The molecule has 16 heteroatoms. The normalized spacial score (nSPS) is 16.5. The average molecular weight is 595 g/mol. The predicted molar refractivity (Wildman–Crippen MR) is 144 cm³/mol. The van der Waals surface area contributed by atoms with Crippen LogP contribution in [-0.2, 0) is 19.6 Å². The summed E-state index contributed by atoms with van der Waals surface area (Å²) < 4.78 is 58.2. The van der Waals surface area contributed by atoms with E-state index in [9.17, 15) is 31.2 Å². The predicted octanol–water partition coefficient (Wildman–Crippen LogP) is 0.775. The molecule has 4 N–H and O–H groups in total.